The van der Waals surface area contributed by atoms with Crippen LogP contribution in [0, 0.1) is 5.92 Å². The molecule has 2 rings (SSSR count). The summed E-state index contributed by atoms with van der Waals surface area (Å²) >= 11 is 0. The summed E-state index contributed by atoms with van der Waals surface area (Å²) in [6.07, 6.45) is 55.2. The number of piperidine rings is 1. The summed E-state index contributed by atoms with van der Waals surface area (Å²) in [6, 6.07) is 0. The molecule has 0 bridgehead atoms. The maximum Gasteiger partial charge on any atom is 0.0714 e. The Kier molecular flexibility index (Phi) is 24.9. The largest absolute Gasteiger partial charge is 0.371 e. The zero-order valence-corrected chi connectivity index (χ0v) is 30.6. The number of unbranched alkanes of at least 4 members (excludes halogenated alkanes) is 16. The molecule has 0 N–H and O–H groups in total. The molecule has 2 fully saturated rings. The van der Waals surface area contributed by atoms with Crippen molar-refractivity contribution in [2.75, 3.05) is 20.1 Å². The lowest BCUT2D eigenvalue weighted by molar-refractivity contribution is -0.0792. The molecule has 2 aliphatic rings. The third kappa shape index (κ3) is 20.7. The Balaban J connectivity index is 1.54. The smallest absolute Gasteiger partial charge is 0.0714 e. The molecule has 2 nitrogen and oxygen atoms in total. The minimum absolute atomic E-state index is 0.204. The molecule has 0 radical (unpaired) electrons. The summed E-state index contributed by atoms with van der Waals surface area (Å²) in [5.41, 5.74) is 0.204. The zero-order valence-electron chi connectivity index (χ0n) is 30.6. The molecule has 2 heteroatoms. The van der Waals surface area contributed by atoms with E-state index in [-0.39, 0.29) is 5.60 Å². The minimum atomic E-state index is 0.204. The second-order valence-electron chi connectivity index (χ2n) is 14.6. The lowest BCUT2D eigenvalue weighted by Crippen LogP contribution is -2.42. The van der Waals surface area contributed by atoms with Crippen LogP contribution in [0.5, 0.6) is 0 Å². The normalized spacial score (nSPS) is 20.8. The first kappa shape index (κ1) is 40.1. The maximum atomic E-state index is 6.99. The van der Waals surface area contributed by atoms with E-state index in [0.29, 0.717) is 6.10 Å². The zero-order chi connectivity index (χ0) is 32.1. The number of hydrogen-bond donors (Lipinski definition) is 0. The molecular weight excluding hydrogens is 546 g/mol. The second kappa shape index (κ2) is 27.9. The van der Waals surface area contributed by atoms with E-state index in [2.05, 4.69) is 74.4 Å². The van der Waals surface area contributed by atoms with Crippen molar-refractivity contribution < 1.29 is 4.74 Å². The number of ether oxygens (including phenoxy) is 1. The number of likely N-dealkylation sites (tertiary alicyclic amines) is 1. The van der Waals surface area contributed by atoms with Crippen molar-refractivity contribution in [1.29, 1.82) is 0 Å². The summed E-state index contributed by atoms with van der Waals surface area (Å²) in [6.45, 7) is 6.98. The van der Waals surface area contributed by atoms with Crippen LogP contribution in [0.25, 0.3) is 0 Å². The van der Waals surface area contributed by atoms with E-state index in [1.807, 2.05) is 0 Å². The number of allylic oxidation sites excluding steroid dienone is 8. The van der Waals surface area contributed by atoms with E-state index < -0.39 is 0 Å². The highest BCUT2D eigenvalue weighted by molar-refractivity contribution is 4.97. The summed E-state index contributed by atoms with van der Waals surface area (Å²) < 4.78 is 6.99. The highest BCUT2D eigenvalue weighted by Crippen LogP contribution is 2.45. The summed E-state index contributed by atoms with van der Waals surface area (Å²) in [4.78, 5) is 2.50. The van der Waals surface area contributed by atoms with Gasteiger partial charge in [0.15, 0.2) is 0 Å². The maximum absolute atomic E-state index is 6.99. The molecule has 2 saturated heterocycles. The van der Waals surface area contributed by atoms with E-state index in [1.165, 1.54) is 174 Å². The molecule has 0 aromatic carbocycles. The Morgan fingerprint density at radius 1 is 0.533 bits per heavy atom. The van der Waals surface area contributed by atoms with Crippen LogP contribution in [-0.4, -0.2) is 36.7 Å². The predicted molar refractivity (Wildman–Crippen MR) is 201 cm³/mol. The minimum Gasteiger partial charge on any atom is -0.371 e. The second-order valence-corrected chi connectivity index (χ2v) is 14.6. The van der Waals surface area contributed by atoms with Gasteiger partial charge in [-0.05, 0) is 109 Å². The quantitative estimate of drug-likeness (QED) is 0.0635. The third-order valence-electron chi connectivity index (χ3n) is 10.4. The van der Waals surface area contributed by atoms with Crippen LogP contribution in [0.2, 0.25) is 0 Å². The van der Waals surface area contributed by atoms with Crippen molar-refractivity contribution in [2.24, 2.45) is 5.92 Å². The molecule has 2 aliphatic heterocycles. The summed E-state index contributed by atoms with van der Waals surface area (Å²) in [7, 11) is 2.28. The van der Waals surface area contributed by atoms with E-state index in [4.69, 9.17) is 4.74 Å². The first-order valence-electron chi connectivity index (χ1n) is 20.2. The molecule has 2 unspecified atom stereocenters. The molecule has 1 spiro atoms. The first-order chi connectivity index (χ1) is 22.2. The Morgan fingerprint density at radius 3 is 1.44 bits per heavy atom. The third-order valence-corrected chi connectivity index (χ3v) is 10.4. The summed E-state index contributed by atoms with van der Waals surface area (Å²) in [5.74, 6) is 0.803. The molecule has 0 aromatic rings. The SMILES string of the molecule is CCCCC/C=C\C/C=C\CCCCCCCC1CC2(CCN(C)CC2)OC1CCCCCCC/C=C\C/C=C\CCCCC. The fourth-order valence-electron chi connectivity index (χ4n) is 7.38. The first-order valence-corrected chi connectivity index (χ1v) is 20.2. The molecule has 0 aliphatic carbocycles. The van der Waals surface area contributed by atoms with Crippen molar-refractivity contribution in [3.63, 3.8) is 0 Å². The van der Waals surface area contributed by atoms with Crippen molar-refractivity contribution in [1.82, 2.24) is 4.90 Å². The van der Waals surface area contributed by atoms with E-state index in [9.17, 15) is 0 Å². The topological polar surface area (TPSA) is 12.5 Å². The molecule has 2 atom stereocenters. The fraction of sp³-hybridized carbons (Fsp3) is 0.814. The van der Waals surface area contributed by atoms with Crippen LogP contribution in [0.3, 0.4) is 0 Å². The van der Waals surface area contributed by atoms with Crippen molar-refractivity contribution in [3.8, 4) is 0 Å². The van der Waals surface area contributed by atoms with E-state index in [0.717, 1.165) is 18.8 Å². The van der Waals surface area contributed by atoms with E-state index >= 15 is 0 Å². The van der Waals surface area contributed by atoms with Gasteiger partial charge in [0.25, 0.3) is 0 Å². The van der Waals surface area contributed by atoms with Gasteiger partial charge in [-0.15, -0.1) is 0 Å². The predicted octanol–water partition coefficient (Wildman–Crippen LogP) is 13.5. The van der Waals surface area contributed by atoms with Crippen molar-refractivity contribution >= 4 is 0 Å². The number of rotatable bonds is 28. The monoisotopic (exact) mass is 624 g/mol. The van der Waals surface area contributed by atoms with Gasteiger partial charge in [-0.1, -0.05) is 140 Å². The fourth-order valence-corrected chi connectivity index (χ4v) is 7.38. The van der Waals surface area contributed by atoms with Gasteiger partial charge in [0.1, 0.15) is 0 Å². The van der Waals surface area contributed by atoms with Crippen molar-refractivity contribution in [2.45, 2.75) is 199 Å². The van der Waals surface area contributed by atoms with Crippen molar-refractivity contribution in [3.05, 3.63) is 48.6 Å². The van der Waals surface area contributed by atoms with Crippen LogP contribution in [-0.2, 0) is 4.74 Å². The average Bonchev–Trinajstić information content (AvgIpc) is 3.39. The average molecular weight is 624 g/mol. The van der Waals surface area contributed by atoms with E-state index in [1.54, 1.807) is 0 Å². The highest BCUT2D eigenvalue weighted by atomic mass is 16.5. The van der Waals surface area contributed by atoms with Crippen LogP contribution in [0.4, 0.5) is 0 Å². The molecule has 260 valence electrons. The van der Waals surface area contributed by atoms with Crippen LogP contribution >= 0.6 is 0 Å². The lowest BCUT2D eigenvalue weighted by atomic mass is 9.82. The van der Waals surface area contributed by atoms with Gasteiger partial charge in [-0.2, -0.15) is 0 Å². The van der Waals surface area contributed by atoms with Crippen LogP contribution < -0.4 is 0 Å². The standard InChI is InChI=1S/C43H77NO/c1-4-6-8-10-12-14-16-18-20-22-24-26-28-30-32-34-41-40-43(36-38-44(3)39-37-43)45-42(41)35-33-31-29-27-25-23-21-19-17-15-13-11-9-7-5-2/h12-15,18-21,41-42H,4-11,16-17,22-40H2,1-3H3/b14-12-,15-13-,20-18-,21-19-. The van der Waals surface area contributed by atoms with Crippen LogP contribution in [0.1, 0.15) is 187 Å². The van der Waals surface area contributed by atoms with Gasteiger partial charge < -0.3 is 9.64 Å². The lowest BCUT2D eigenvalue weighted by Gasteiger charge is -2.37. The number of hydrogen-bond acceptors (Lipinski definition) is 2. The Bertz CT molecular complexity index is 715. The molecular formula is C43H77NO. The van der Waals surface area contributed by atoms with Gasteiger partial charge in [-0.3, -0.25) is 0 Å². The van der Waals surface area contributed by atoms with Gasteiger partial charge >= 0.3 is 0 Å². The molecule has 45 heavy (non-hydrogen) atoms. The summed E-state index contributed by atoms with van der Waals surface area (Å²) in [5, 5.41) is 0. The molecule has 0 amide bonds. The highest BCUT2D eigenvalue weighted by Gasteiger charge is 2.46. The Morgan fingerprint density at radius 2 is 0.956 bits per heavy atom. The molecule has 0 aromatic heterocycles. The van der Waals surface area contributed by atoms with Gasteiger partial charge in [-0.25, -0.2) is 0 Å². The van der Waals surface area contributed by atoms with Gasteiger partial charge in [0.05, 0.1) is 11.7 Å². The van der Waals surface area contributed by atoms with Gasteiger partial charge in [0, 0.05) is 13.1 Å². The van der Waals surface area contributed by atoms with Crippen LogP contribution in [0.15, 0.2) is 48.6 Å². The number of nitrogens with zero attached hydrogens (tertiary/aromatic N) is 1. The Hall–Kier alpha value is -1.12. The molecule has 0 saturated carbocycles. The Labute approximate surface area is 282 Å². The van der Waals surface area contributed by atoms with Gasteiger partial charge in [0.2, 0.25) is 0 Å². The molecule has 2 heterocycles.